The molecule has 0 saturated heterocycles. The normalized spacial score (nSPS) is 13.0. The fourth-order valence-corrected chi connectivity index (χ4v) is 2.93. The maximum Gasteiger partial charge on any atom is 0.138 e. The summed E-state index contributed by atoms with van der Waals surface area (Å²) in [6.45, 7) is 0. The van der Waals surface area contributed by atoms with Gasteiger partial charge in [-0.15, -0.1) is 0 Å². The molecule has 4 heteroatoms. The first-order chi connectivity index (χ1) is 8.70. The lowest BCUT2D eigenvalue weighted by Gasteiger charge is -2.14. The third-order valence-corrected chi connectivity index (χ3v) is 3.76. The van der Waals surface area contributed by atoms with Crippen molar-refractivity contribution in [1.82, 2.24) is 0 Å². The molecule has 0 aliphatic heterocycles. The summed E-state index contributed by atoms with van der Waals surface area (Å²) < 4.78 is 37.1. The van der Waals surface area contributed by atoms with Crippen LogP contribution in [0.2, 0.25) is 0 Å². The summed E-state index contributed by atoms with van der Waals surface area (Å²) in [4.78, 5) is 0.155. The van der Waals surface area contributed by atoms with E-state index in [0.29, 0.717) is 21.5 Å². The molecule has 18 heavy (non-hydrogen) atoms. The van der Waals surface area contributed by atoms with Gasteiger partial charge in [0, 0.05) is 26.4 Å². The van der Waals surface area contributed by atoms with Gasteiger partial charge in [-0.2, -0.15) is 0 Å². The largest absolute Gasteiger partial charge is 0.768 e. The van der Waals surface area contributed by atoms with Crippen LogP contribution in [0.3, 0.4) is 0 Å². The van der Waals surface area contributed by atoms with Gasteiger partial charge in [-0.25, -0.2) is 4.39 Å². The van der Waals surface area contributed by atoms with Gasteiger partial charge in [0.1, 0.15) is 5.82 Å². The van der Waals surface area contributed by atoms with Crippen LogP contribution in [0.5, 0.6) is 0 Å². The molecule has 90 valence electrons. The summed E-state index contributed by atoms with van der Waals surface area (Å²) in [5.41, 5.74) is 0. The smallest absolute Gasteiger partial charge is 0.138 e. The summed E-state index contributed by atoms with van der Waals surface area (Å²) in [7, 11) is 0. The molecule has 0 aromatic heterocycles. The lowest BCUT2D eigenvalue weighted by molar-refractivity contribution is 0.538. The number of benzene rings is 3. The molecule has 3 rings (SSSR count). The van der Waals surface area contributed by atoms with Gasteiger partial charge >= 0.3 is 0 Å². The fraction of sp³-hybridized carbons (Fsp3) is 0. The average molecular weight is 259 g/mol. The van der Waals surface area contributed by atoms with Crippen LogP contribution in [0.15, 0.2) is 53.4 Å². The Morgan fingerprint density at radius 2 is 1.22 bits per heavy atom. The van der Waals surface area contributed by atoms with Gasteiger partial charge < -0.3 is 4.55 Å². The van der Waals surface area contributed by atoms with E-state index in [1.807, 2.05) is 0 Å². The van der Waals surface area contributed by atoms with Gasteiger partial charge in [-0.1, -0.05) is 48.5 Å². The van der Waals surface area contributed by atoms with Crippen molar-refractivity contribution < 1.29 is 13.2 Å². The first-order valence-corrected chi connectivity index (χ1v) is 6.46. The quantitative estimate of drug-likeness (QED) is 0.496. The minimum absolute atomic E-state index is 0.155. The SMILES string of the molecule is O=S([O-])c1c2ccccc2c(F)c2ccccc12. The molecule has 0 spiro atoms. The zero-order valence-electron chi connectivity index (χ0n) is 9.22. The zero-order valence-corrected chi connectivity index (χ0v) is 10.0. The minimum atomic E-state index is -2.40. The molecule has 3 aromatic rings. The Hall–Kier alpha value is -1.78. The summed E-state index contributed by atoms with van der Waals surface area (Å²) in [6.07, 6.45) is 0. The van der Waals surface area contributed by atoms with Crippen molar-refractivity contribution >= 4 is 32.6 Å². The van der Waals surface area contributed by atoms with E-state index < -0.39 is 11.1 Å². The topological polar surface area (TPSA) is 40.1 Å². The third-order valence-electron chi connectivity index (χ3n) is 2.98. The molecule has 3 aromatic carbocycles. The molecule has 0 bridgehead atoms. The maximum atomic E-state index is 14.3. The van der Waals surface area contributed by atoms with Crippen LogP contribution in [-0.2, 0) is 11.1 Å². The Morgan fingerprint density at radius 1 is 0.833 bits per heavy atom. The van der Waals surface area contributed by atoms with Crippen molar-refractivity contribution in [2.75, 3.05) is 0 Å². The number of hydrogen-bond donors (Lipinski definition) is 0. The van der Waals surface area contributed by atoms with E-state index in [-0.39, 0.29) is 10.7 Å². The first-order valence-electron chi connectivity index (χ1n) is 5.38. The van der Waals surface area contributed by atoms with Crippen LogP contribution in [-0.4, -0.2) is 8.76 Å². The monoisotopic (exact) mass is 259 g/mol. The predicted octanol–water partition coefficient (Wildman–Crippen LogP) is 3.37. The summed E-state index contributed by atoms with van der Waals surface area (Å²) in [6, 6.07) is 13.2. The van der Waals surface area contributed by atoms with E-state index in [1.54, 1.807) is 48.5 Å². The third kappa shape index (κ3) is 1.54. The van der Waals surface area contributed by atoms with Crippen LogP contribution < -0.4 is 0 Å². The Bertz CT molecular complexity index is 726. The number of fused-ring (bicyclic) bond motifs is 2. The van der Waals surface area contributed by atoms with Crippen molar-refractivity contribution in [2.45, 2.75) is 4.90 Å². The van der Waals surface area contributed by atoms with E-state index in [9.17, 15) is 13.2 Å². The lowest BCUT2D eigenvalue weighted by Crippen LogP contribution is -1.95. The van der Waals surface area contributed by atoms with Crippen LogP contribution in [0, 0.1) is 5.82 Å². The van der Waals surface area contributed by atoms with Crippen molar-refractivity contribution in [1.29, 1.82) is 0 Å². The number of hydrogen-bond acceptors (Lipinski definition) is 2. The van der Waals surface area contributed by atoms with Crippen LogP contribution in [0.1, 0.15) is 0 Å². The fourth-order valence-electron chi connectivity index (χ4n) is 2.21. The molecule has 0 saturated carbocycles. The molecule has 0 aliphatic carbocycles. The first kappa shape index (κ1) is 11.3. The second-order valence-corrected chi connectivity index (χ2v) is 4.85. The van der Waals surface area contributed by atoms with E-state index in [1.165, 1.54) is 0 Å². The minimum Gasteiger partial charge on any atom is -0.768 e. The van der Waals surface area contributed by atoms with Crippen molar-refractivity contribution in [3.8, 4) is 0 Å². The lowest BCUT2D eigenvalue weighted by atomic mass is 10.0. The Kier molecular flexibility index (Phi) is 2.61. The maximum absolute atomic E-state index is 14.3. The zero-order chi connectivity index (χ0) is 12.7. The van der Waals surface area contributed by atoms with Gasteiger partial charge in [-0.05, 0) is 11.1 Å². The summed E-state index contributed by atoms with van der Waals surface area (Å²) >= 11 is -2.40. The molecule has 2 nitrogen and oxygen atoms in total. The molecule has 0 aliphatic rings. The Labute approximate surface area is 105 Å². The number of halogens is 1. The molecule has 1 unspecified atom stereocenters. The summed E-state index contributed by atoms with van der Waals surface area (Å²) in [5.74, 6) is -0.379. The van der Waals surface area contributed by atoms with Gasteiger partial charge in [0.2, 0.25) is 0 Å². The van der Waals surface area contributed by atoms with E-state index in [2.05, 4.69) is 0 Å². The van der Waals surface area contributed by atoms with Gasteiger partial charge in [0.05, 0.1) is 0 Å². The Balaban J connectivity index is 2.67. The Morgan fingerprint density at radius 3 is 1.61 bits per heavy atom. The van der Waals surface area contributed by atoms with Gasteiger partial charge in [0.25, 0.3) is 0 Å². The van der Waals surface area contributed by atoms with E-state index in [0.717, 1.165) is 0 Å². The van der Waals surface area contributed by atoms with Crippen LogP contribution >= 0.6 is 0 Å². The molecular weight excluding hydrogens is 251 g/mol. The molecule has 1 atom stereocenters. The molecule has 0 amide bonds. The molecule has 0 heterocycles. The van der Waals surface area contributed by atoms with Crippen molar-refractivity contribution in [3.05, 3.63) is 54.3 Å². The van der Waals surface area contributed by atoms with Crippen molar-refractivity contribution in [2.24, 2.45) is 0 Å². The molecule has 0 radical (unpaired) electrons. The van der Waals surface area contributed by atoms with E-state index >= 15 is 0 Å². The second kappa shape index (κ2) is 4.15. The molecule has 0 fully saturated rings. The molecular formula is C14H8FO2S-. The van der Waals surface area contributed by atoms with Crippen molar-refractivity contribution in [3.63, 3.8) is 0 Å². The second-order valence-electron chi connectivity index (χ2n) is 3.97. The van der Waals surface area contributed by atoms with Gasteiger partial charge in [-0.3, -0.25) is 4.21 Å². The standard InChI is InChI=1S/C14H9FO2S/c15-13-9-5-1-3-7-11(9)14(18(16)17)12-8-4-2-6-10(12)13/h1-8H,(H,16,17)/p-1. The molecule has 0 N–H and O–H groups in total. The predicted molar refractivity (Wildman–Crippen MR) is 68.6 cm³/mol. The highest BCUT2D eigenvalue weighted by Crippen LogP contribution is 2.33. The van der Waals surface area contributed by atoms with E-state index in [4.69, 9.17) is 0 Å². The highest BCUT2D eigenvalue weighted by molar-refractivity contribution is 7.79. The highest BCUT2D eigenvalue weighted by atomic mass is 32.2. The highest BCUT2D eigenvalue weighted by Gasteiger charge is 2.13. The number of rotatable bonds is 1. The average Bonchev–Trinajstić information content (AvgIpc) is 2.39. The van der Waals surface area contributed by atoms with Gasteiger partial charge in [0.15, 0.2) is 0 Å². The summed E-state index contributed by atoms with van der Waals surface area (Å²) in [5, 5.41) is 1.50. The van der Waals surface area contributed by atoms with Crippen LogP contribution in [0.4, 0.5) is 4.39 Å². The van der Waals surface area contributed by atoms with Crippen LogP contribution in [0.25, 0.3) is 21.5 Å².